The van der Waals surface area contributed by atoms with Crippen LogP contribution in [0.25, 0.3) is 5.69 Å². The zero-order valence-electron chi connectivity index (χ0n) is 21.8. The number of aromatic nitrogens is 6. The molecule has 0 saturated carbocycles. The Labute approximate surface area is 235 Å². The van der Waals surface area contributed by atoms with Crippen molar-refractivity contribution in [2.45, 2.75) is 50.9 Å². The number of thiazole rings is 1. The lowest BCUT2D eigenvalue weighted by molar-refractivity contribution is -0.142. The Balaban J connectivity index is 1.07. The topological polar surface area (TPSA) is 103 Å². The SMILES string of the molecule is Cc1cc(C(F)(F)F)nn1CC(=O)N1CCC(c2nc(C3=NOC(c4c(F)cccc4-n4cncn4)C3)cs2)CC1. The molecule has 15 heteroatoms. The number of piperidine rings is 1. The number of oxime groups is 1. The summed E-state index contributed by atoms with van der Waals surface area (Å²) in [4.78, 5) is 28.8. The van der Waals surface area contributed by atoms with E-state index in [1.165, 1.54) is 41.7 Å². The average molecular weight is 589 g/mol. The summed E-state index contributed by atoms with van der Waals surface area (Å²) in [7, 11) is 0. The summed E-state index contributed by atoms with van der Waals surface area (Å²) in [5, 5.41) is 14.7. The van der Waals surface area contributed by atoms with Crippen LogP contribution in [0.1, 0.15) is 58.9 Å². The first-order valence-electron chi connectivity index (χ1n) is 12.9. The van der Waals surface area contributed by atoms with E-state index < -0.39 is 23.8 Å². The predicted octanol–water partition coefficient (Wildman–Crippen LogP) is 4.66. The van der Waals surface area contributed by atoms with Crippen LogP contribution in [0.15, 0.2) is 47.5 Å². The van der Waals surface area contributed by atoms with Crippen LogP contribution in [0.5, 0.6) is 0 Å². The van der Waals surface area contributed by atoms with Crippen molar-refractivity contribution in [2.75, 3.05) is 13.1 Å². The van der Waals surface area contributed by atoms with E-state index in [2.05, 4.69) is 20.3 Å². The minimum absolute atomic E-state index is 0.130. The molecule has 5 heterocycles. The van der Waals surface area contributed by atoms with Crippen molar-refractivity contribution in [1.29, 1.82) is 0 Å². The Morgan fingerprint density at radius 3 is 2.73 bits per heavy atom. The molecule has 0 aliphatic carbocycles. The molecule has 1 fully saturated rings. The Morgan fingerprint density at radius 1 is 1.22 bits per heavy atom. The number of halogens is 4. The summed E-state index contributed by atoms with van der Waals surface area (Å²) in [5.74, 6) is -0.571. The molecule has 4 aromatic rings. The molecule has 41 heavy (non-hydrogen) atoms. The molecule has 6 rings (SSSR count). The summed E-state index contributed by atoms with van der Waals surface area (Å²) in [6.45, 7) is 2.19. The lowest BCUT2D eigenvalue weighted by Gasteiger charge is -2.31. The van der Waals surface area contributed by atoms with Gasteiger partial charge in [0.25, 0.3) is 0 Å². The predicted molar refractivity (Wildman–Crippen MR) is 139 cm³/mol. The monoisotopic (exact) mass is 588 g/mol. The highest BCUT2D eigenvalue weighted by atomic mass is 32.1. The van der Waals surface area contributed by atoms with Gasteiger partial charge in [-0.25, -0.2) is 19.0 Å². The molecular formula is C26H24F4N8O2S. The molecule has 2 aliphatic heterocycles. The van der Waals surface area contributed by atoms with E-state index >= 15 is 0 Å². The van der Waals surface area contributed by atoms with Crippen molar-refractivity contribution in [3.8, 4) is 5.69 Å². The van der Waals surface area contributed by atoms with Gasteiger partial charge in [0.05, 0.1) is 22.0 Å². The van der Waals surface area contributed by atoms with Crippen LogP contribution in [0.4, 0.5) is 17.6 Å². The van der Waals surface area contributed by atoms with Crippen molar-refractivity contribution in [2.24, 2.45) is 5.16 Å². The van der Waals surface area contributed by atoms with Crippen LogP contribution in [0, 0.1) is 12.7 Å². The van der Waals surface area contributed by atoms with Gasteiger partial charge in [0.2, 0.25) is 5.91 Å². The third kappa shape index (κ3) is 5.45. The summed E-state index contributed by atoms with van der Waals surface area (Å²) < 4.78 is 56.3. The molecule has 10 nitrogen and oxygen atoms in total. The van der Waals surface area contributed by atoms with Crippen molar-refractivity contribution in [1.82, 2.24) is 34.4 Å². The Hall–Kier alpha value is -4.14. The maximum atomic E-state index is 14.9. The first-order chi connectivity index (χ1) is 19.7. The Kier molecular flexibility index (Phi) is 7.05. The highest BCUT2D eigenvalue weighted by molar-refractivity contribution is 7.10. The third-order valence-corrected chi connectivity index (χ3v) is 8.26. The summed E-state index contributed by atoms with van der Waals surface area (Å²) in [6, 6.07) is 5.64. The fourth-order valence-electron chi connectivity index (χ4n) is 5.08. The fourth-order valence-corrected chi connectivity index (χ4v) is 6.08. The zero-order chi connectivity index (χ0) is 28.7. The van der Waals surface area contributed by atoms with Gasteiger partial charge in [0, 0.05) is 36.5 Å². The van der Waals surface area contributed by atoms with Crippen LogP contribution >= 0.6 is 11.3 Å². The largest absolute Gasteiger partial charge is 0.435 e. The molecule has 2 aliphatic rings. The summed E-state index contributed by atoms with van der Waals surface area (Å²) in [6.07, 6.45) is -0.657. The first-order valence-corrected chi connectivity index (χ1v) is 13.8. The van der Waals surface area contributed by atoms with E-state index in [1.54, 1.807) is 17.0 Å². The van der Waals surface area contributed by atoms with E-state index in [1.807, 2.05) is 5.38 Å². The van der Waals surface area contributed by atoms with Crippen LogP contribution in [-0.2, 0) is 22.4 Å². The highest BCUT2D eigenvalue weighted by Gasteiger charge is 2.35. The molecule has 0 N–H and O–H groups in total. The number of hydrogen-bond donors (Lipinski definition) is 0. The molecule has 1 unspecified atom stereocenters. The average Bonchev–Trinajstić information content (AvgIpc) is 3.76. The highest BCUT2D eigenvalue weighted by Crippen LogP contribution is 2.36. The van der Waals surface area contributed by atoms with Crippen molar-refractivity contribution >= 4 is 23.0 Å². The standard InChI is InChI=1S/C26H24F4N8O2S/c1-15-9-22(26(28,29)30)34-37(15)11-23(39)36-7-5-16(6-8-36)25-33-19(12-41-25)18-10-21(40-35-18)24-17(27)3-2-4-20(24)38-14-31-13-32-38/h2-4,9,12-14,16,21H,5-8,10-11H2,1H3. The van der Waals surface area contributed by atoms with Crippen molar-refractivity contribution in [3.63, 3.8) is 0 Å². The quantitative estimate of drug-likeness (QED) is 0.304. The molecule has 1 aromatic carbocycles. The zero-order valence-corrected chi connectivity index (χ0v) is 22.6. The second-order valence-corrected chi connectivity index (χ2v) is 10.8. The van der Waals surface area contributed by atoms with Crippen LogP contribution in [0.2, 0.25) is 0 Å². The van der Waals surface area contributed by atoms with Crippen molar-refractivity contribution < 1.29 is 27.2 Å². The minimum atomic E-state index is -4.56. The van der Waals surface area contributed by atoms with Gasteiger partial charge >= 0.3 is 6.18 Å². The van der Waals surface area contributed by atoms with Gasteiger partial charge in [0.1, 0.15) is 30.7 Å². The lowest BCUT2D eigenvalue weighted by atomic mass is 9.97. The molecule has 0 radical (unpaired) electrons. The summed E-state index contributed by atoms with van der Waals surface area (Å²) in [5.41, 5.74) is 1.41. The molecule has 1 atom stereocenters. The van der Waals surface area contributed by atoms with Crippen LogP contribution in [-0.4, -0.2) is 59.1 Å². The lowest BCUT2D eigenvalue weighted by Crippen LogP contribution is -2.40. The number of carbonyl (C=O) groups is 1. The van der Waals surface area contributed by atoms with Gasteiger partial charge in [-0.15, -0.1) is 11.3 Å². The van der Waals surface area contributed by atoms with Gasteiger partial charge < -0.3 is 9.74 Å². The number of likely N-dealkylation sites (tertiary alicyclic amines) is 1. The Morgan fingerprint density at radius 2 is 2.02 bits per heavy atom. The normalized spacial score (nSPS) is 18.0. The third-order valence-electron chi connectivity index (χ3n) is 7.26. The first kappa shape index (κ1) is 27.1. The molecule has 1 saturated heterocycles. The molecule has 1 amide bonds. The molecular weight excluding hydrogens is 564 g/mol. The molecule has 3 aromatic heterocycles. The van der Waals surface area contributed by atoms with E-state index in [-0.39, 0.29) is 24.1 Å². The number of nitrogens with zero attached hydrogens (tertiary/aromatic N) is 8. The van der Waals surface area contributed by atoms with Gasteiger partial charge in [-0.3, -0.25) is 9.48 Å². The van der Waals surface area contributed by atoms with Crippen LogP contribution < -0.4 is 0 Å². The molecule has 0 bridgehead atoms. The number of carbonyl (C=O) groups excluding carboxylic acids is 1. The number of rotatable bonds is 6. The van der Waals surface area contributed by atoms with E-state index in [0.29, 0.717) is 55.0 Å². The van der Waals surface area contributed by atoms with E-state index in [4.69, 9.17) is 9.82 Å². The van der Waals surface area contributed by atoms with Gasteiger partial charge in [-0.05, 0) is 38.0 Å². The number of aryl methyl sites for hydroxylation is 1. The maximum Gasteiger partial charge on any atom is 0.435 e. The smallest absolute Gasteiger partial charge is 0.387 e. The second kappa shape index (κ2) is 10.7. The van der Waals surface area contributed by atoms with Gasteiger partial charge in [-0.2, -0.15) is 23.4 Å². The number of hydrogen-bond acceptors (Lipinski definition) is 8. The maximum absolute atomic E-state index is 14.9. The Bertz CT molecular complexity index is 1590. The van der Waals surface area contributed by atoms with Crippen molar-refractivity contribution in [3.05, 3.63) is 75.8 Å². The van der Waals surface area contributed by atoms with E-state index in [9.17, 15) is 22.4 Å². The van der Waals surface area contributed by atoms with Crippen LogP contribution in [0.3, 0.4) is 0 Å². The summed E-state index contributed by atoms with van der Waals surface area (Å²) >= 11 is 1.50. The number of benzene rings is 1. The minimum Gasteiger partial charge on any atom is -0.387 e. The van der Waals surface area contributed by atoms with E-state index in [0.717, 1.165) is 15.8 Å². The second-order valence-electron chi connectivity index (χ2n) is 9.90. The number of amides is 1. The van der Waals surface area contributed by atoms with Gasteiger partial charge in [-0.1, -0.05) is 11.2 Å². The molecule has 214 valence electrons. The number of alkyl halides is 3. The van der Waals surface area contributed by atoms with Gasteiger partial charge in [0.15, 0.2) is 11.8 Å². The fraction of sp³-hybridized carbons (Fsp3) is 0.385. The molecule has 0 spiro atoms.